The Morgan fingerprint density at radius 3 is 2.80 bits per heavy atom. The van der Waals surface area contributed by atoms with Gasteiger partial charge in [0.15, 0.2) is 0 Å². The Kier molecular flexibility index (Phi) is 2.97. The molecule has 20 heavy (non-hydrogen) atoms. The summed E-state index contributed by atoms with van der Waals surface area (Å²) < 4.78 is 2.27. The van der Waals surface area contributed by atoms with Gasteiger partial charge in [-0.05, 0) is 38.1 Å². The summed E-state index contributed by atoms with van der Waals surface area (Å²) in [5, 5.41) is 0. The molecule has 2 aromatic rings. The Bertz CT molecular complexity index is 644. The fourth-order valence-electron chi connectivity index (χ4n) is 2.78. The zero-order valence-electron chi connectivity index (χ0n) is 11.7. The molecule has 0 spiro atoms. The zero-order chi connectivity index (χ0) is 14.3. The minimum Gasteiger partial charge on any atom is -0.397 e. The van der Waals surface area contributed by atoms with E-state index in [9.17, 15) is 4.79 Å². The molecular formula is C15H18N4O. The van der Waals surface area contributed by atoms with Crippen molar-refractivity contribution in [3.8, 4) is 0 Å². The van der Waals surface area contributed by atoms with E-state index in [1.54, 1.807) is 12.1 Å². The number of nitrogens with zero attached hydrogens (tertiary/aromatic N) is 3. The number of hydrogen-bond acceptors (Lipinski definition) is 3. The van der Waals surface area contributed by atoms with Crippen LogP contribution in [0.15, 0.2) is 30.5 Å². The Labute approximate surface area is 118 Å². The number of rotatable bonds is 1. The summed E-state index contributed by atoms with van der Waals surface area (Å²) in [5.41, 5.74) is 9.04. The summed E-state index contributed by atoms with van der Waals surface area (Å²) in [4.78, 5) is 18.5. The number of fused-ring (bicyclic) bond motifs is 1. The number of carbonyl (C=O) groups is 1. The fourth-order valence-corrected chi connectivity index (χ4v) is 2.78. The molecule has 1 aliphatic rings. The fraction of sp³-hybridized carbons (Fsp3) is 0.333. The molecule has 3 heterocycles. The number of aromatic nitrogens is 2. The summed E-state index contributed by atoms with van der Waals surface area (Å²) in [5.74, 6) is -0.0393. The van der Waals surface area contributed by atoms with Gasteiger partial charge in [-0.1, -0.05) is 0 Å². The van der Waals surface area contributed by atoms with Gasteiger partial charge in [0.2, 0.25) is 0 Å². The molecule has 2 aromatic heterocycles. The highest BCUT2D eigenvalue weighted by atomic mass is 16.2. The average Bonchev–Trinajstić information content (AvgIpc) is 2.82. The number of amides is 1. The van der Waals surface area contributed by atoms with Crippen molar-refractivity contribution in [2.24, 2.45) is 0 Å². The molecule has 1 atom stereocenters. The molecule has 1 aliphatic heterocycles. The Morgan fingerprint density at radius 2 is 2.10 bits per heavy atom. The number of nitrogen functional groups attached to an aromatic ring is 1. The molecule has 0 saturated heterocycles. The molecule has 2 N–H and O–H groups in total. The molecule has 1 amide bonds. The van der Waals surface area contributed by atoms with Crippen LogP contribution in [-0.2, 0) is 6.54 Å². The van der Waals surface area contributed by atoms with Crippen LogP contribution in [0.4, 0.5) is 5.69 Å². The molecule has 104 valence electrons. The van der Waals surface area contributed by atoms with Crippen molar-refractivity contribution < 1.29 is 4.79 Å². The van der Waals surface area contributed by atoms with Crippen LogP contribution in [0, 0.1) is 6.92 Å². The van der Waals surface area contributed by atoms with Gasteiger partial charge < -0.3 is 15.2 Å². The highest BCUT2D eigenvalue weighted by Gasteiger charge is 2.29. The normalized spacial score (nSPS) is 17.9. The Hall–Kier alpha value is -2.30. The van der Waals surface area contributed by atoms with Gasteiger partial charge in [0, 0.05) is 24.5 Å². The van der Waals surface area contributed by atoms with Crippen molar-refractivity contribution >= 4 is 11.6 Å². The smallest absolute Gasteiger partial charge is 0.273 e. The lowest BCUT2D eigenvalue weighted by molar-refractivity contribution is 0.0637. The van der Waals surface area contributed by atoms with Crippen LogP contribution in [0.2, 0.25) is 0 Å². The number of hydrogen-bond donors (Lipinski definition) is 1. The second-order valence-electron chi connectivity index (χ2n) is 5.20. The van der Waals surface area contributed by atoms with Crippen molar-refractivity contribution in [1.82, 2.24) is 14.5 Å². The lowest BCUT2D eigenvalue weighted by atomic mass is 10.1. The summed E-state index contributed by atoms with van der Waals surface area (Å²) in [6, 6.07) is 7.64. The zero-order valence-corrected chi connectivity index (χ0v) is 11.7. The molecule has 3 rings (SSSR count). The molecule has 0 radical (unpaired) electrons. The summed E-state index contributed by atoms with van der Waals surface area (Å²) >= 11 is 0. The topological polar surface area (TPSA) is 64.2 Å². The lowest BCUT2D eigenvalue weighted by Gasteiger charge is -2.35. The monoisotopic (exact) mass is 270 g/mol. The van der Waals surface area contributed by atoms with Crippen LogP contribution >= 0.6 is 0 Å². The van der Waals surface area contributed by atoms with Gasteiger partial charge in [0.05, 0.1) is 17.9 Å². The van der Waals surface area contributed by atoms with Gasteiger partial charge in [-0.3, -0.25) is 4.79 Å². The van der Waals surface area contributed by atoms with Crippen LogP contribution in [0.25, 0.3) is 0 Å². The van der Waals surface area contributed by atoms with Crippen LogP contribution < -0.4 is 5.73 Å². The maximum absolute atomic E-state index is 12.6. The third-order valence-corrected chi connectivity index (χ3v) is 3.96. The molecule has 0 aromatic carbocycles. The predicted octanol–water partition coefficient (Wildman–Crippen LogP) is 1.99. The highest BCUT2D eigenvalue weighted by molar-refractivity contribution is 5.92. The highest BCUT2D eigenvalue weighted by Crippen LogP contribution is 2.28. The van der Waals surface area contributed by atoms with Crippen molar-refractivity contribution in [3.05, 3.63) is 47.5 Å². The third-order valence-electron chi connectivity index (χ3n) is 3.96. The maximum Gasteiger partial charge on any atom is 0.273 e. The summed E-state index contributed by atoms with van der Waals surface area (Å²) in [6.45, 7) is 5.68. The number of nitrogens with two attached hydrogens (primary N) is 1. The second kappa shape index (κ2) is 4.67. The summed E-state index contributed by atoms with van der Waals surface area (Å²) in [7, 11) is 0. The first kappa shape index (κ1) is 12.7. The van der Waals surface area contributed by atoms with Gasteiger partial charge in [-0.15, -0.1) is 0 Å². The van der Waals surface area contributed by atoms with Gasteiger partial charge in [-0.25, -0.2) is 4.98 Å². The standard InChI is InChI=1S/C15H18N4O/c1-10-3-6-14-11(2)19(8-7-18(10)14)15(20)13-5-4-12(16)9-17-13/h3-6,9,11H,7-8,16H2,1-2H3. The van der Waals surface area contributed by atoms with Crippen LogP contribution in [0.3, 0.4) is 0 Å². The average molecular weight is 270 g/mol. The van der Waals surface area contributed by atoms with E-state index in [4.69, 9.17) is 5.73 Å². The quantitative estimate of drug-likeness (QED) is 0.862. The molecule has 0 fully saturated rings. The van der Waals surface area contributed by atoms with E-state index in [0.29, 0.717) is 17.9 Å². The summed E-state index contributed by atoms with van der Waals surface area (Å²) in [6.07, 6.45) is 1.52. The van der Waals surface area contributed by atoms with Crippen molar-refractivity contribution in [1.29, 1.82) is 0 Å². The molecule has 1 unspecified atom stereocenters. The molecule has 0 bridgehead atoms. The predicted molar refractivity (Wildman–Crippen MR) is 77.3 cm³/mol. The van der Waals surface area contributed by atoms with Crippen LogP contribution in [0.5, 0.6) is 0 Å². The number of carbonyl (C=O) groups excluding carboxylic acids is 1. The molecule has 0 aliphatic carbocycles. The first-order chi connectivity index (χ1) is 9.58. The molecule has 5 nitrogen and oxygen atoms in total. The van der Waals surface area contributed by atoms with E-state index in [1.807, 2.05) is 4.90 Å². The van der Waals surface area contributed by atoms with E-state index < -0.39 is 0 Å². The molecule has 0 saturated carbocycles. The molecule has 5 heteroatoms. The minimum atomic E-state index is -0.0393. The van der Waals surface area contributed by atoms with Crippen LogP contribution in [-0.4, -0.2) is 26.9 Å². The van der Waals surface area contributed by atoms with Gasteiger partial charge in [-0.2, -0.15) is 0 Å². The van der Waals surface area contributed by atoms with E-state index in [0.717, 1.165) is 6.54 Å². The lowest BCUT2D eigenvalue weighted by Crippen LogP contribution is -2.41. The van der Waals surface area contributed by atoms with E-state index in [-0.39, 0.29) is 11.9 Å². The van der Waals surface area contributed by atoms with Crippen molar-refractivity contribution in [2.75, 3.05) is 12.3 Å². The first-order valence-corrected chi connectivity index (χ1v) is 6.76. The SMILES string of the molecule is Cc1ccc2n1CCN(C(=O)c1ccc(N)cn1)C2C. The largest absolute Gasteiger partial charge is 0.397 e. The number of aryl methyl sites for hydroxylation is 1. The Morgan fingerprint density at radius 1 is 1.30 bits per heavy atom. The first-order valence-electron chi connectivity index (χ1n) is 6.76. The second-order valence-corrected chi connectivity index (χ2v) is 5.20. The number of pyridine rings is 1. The third kappa shape index (κ3) is 1.95. The van der Waals surface area contributed by atoms with E-state index in [2.05, 4.69) is 35.5 Å². The van der Waals surface area contributed by atoms with Gasteiger partial charge in [0.25, 0.3) is 5.91 Å². The number of anilines is 1. The van der Waals surface area contributed by atoms with Gasteiger partial charge in [0.1, 0.15) is 5.69 Å². The van der Waals surface area contributed by atoms with Crippen LogP contribution in [0.1, 0.15) is 34.8 Å². The maximum atomic E-state index is 12.6. The minimum absolute atomic E-state index is 0.0393. The van der Waals surface area contributed by atoms with Crippen molar-refractivity contribution in [3.63, 3.8) is 0 Å². The van der Waals surface area contributed by atoms with E-state index >= 15 is 0 Å². The van der Waals surface area contributed by atoms with Gasteiger partial charge >= 0.3 is 0 Å². The van der Waals surface area contributed by atoms with Crippen molar-refractivity contribution in [2.45, 2.75) is 26.4 Å². The molecular weight excluding hydrogens is 252 g/mol. The Balaban J connectivity index is 1.88. The van der Waals surface area contributed by atoms with E-state index in [1.165, 1.54) is 17.6 Å².